The van der Waals surface area contributed by atoms with Crippen molar-refractivity contribution in [1.82, 2.24) is 0 Å². The minimum absolute atomic E-state index is 0.0377. The molecule has 1 aromatic heterocycles. The fourth-order valence-corrected chi connectivity index (χ4v) is 4.09. The number of carbonyl (C=O) groups is 3. The van der Waals surface area contributed by atoms with Gasteiger partial charge in [-0.05, 0) is 69.4 Å². The molecule has 2 aromatic rings. The van der Waals surface area contributed by atoms with E-state index in [4.69, 9.17) is 4.74 Å². The van der Waals surface area contributed by atoms with Gasteiger partial charge >= 0.3 is 5.97 Å². The first-order chi connectivity index (χ1) is 12.5. The van der Waals surface area contributed by atoms with Crippen molar-refractivity contribution in [1.29, 1.82) is 0 Å². The number of nitrogens with one attached hydrogen (secondary N) is 1. The van der Waals surface area contributed by atoms with Crippen LogP contribution in [0.3, 0.4) is 0 Å². The van der Waals surface area contributed by atoms with Crippen LogP contribution in [-0.4, -0.2) is 23.8 Å². The first-order valence-corrected chi connectivity index (χ1v) is 9.55. The zero-order chi connectivity index (χ0) is 18.7. The Labute approximate surface area is 156 Å². The molecule has 1 atom stereocenters. The van der Waals surface area contributed by atoms with Crippen LogP contribution < -0.4 is 5.32 Å². The van der Waals surface area contributed by atoms with Gasteiger partial charge in [-0.2, -0.15) is 0 Å². The van der Waals surface area contributed by atoms with E-state index in [0.29, 0.717) is 16.8 Å². The Bertz CT molecular complexity index is 838. The van der Waals surface area contributed by atoms with Crippen LogP contribution in [0.4, 0.5) is 5.69 Å². The van der Waals surface area contributed by atoms with Gasteiger partial charge in [0.1, 0.15) is 0 Å². The van der Waals surface area contributed by atoms with E-state index in [1.807, 2.05) is 5.38 Å². The van der Waals surface area contributed by atoms with Gasteiger partial charge in [-0.15, -0.1) is 11.3 Å². The number of anilines is 1. The third-order valence-electron chi connectivity index (χ3n) is 4.49. The van der Waals surface area contributed by atoms with E-state index in [9.17, 15) is 14.4 Å². The molecule has 0 unspecified atom stereocenters. The molecule has 1 aromatic carbocycles. The van der Waals surface area contributed by atoms with Gasteiger partial charge in [-0.25, -0.2) is 4.79 Å². The third kappa shape index (κ3) is 4.02. The number of aryl methyl sites for hydroxylation is 1. The highest BCUT2D eigenvalue weighted by Crippen LogP contribution is 2.30. The van der Waals surface area contributed by atoms with E-state index in [2.05, 4.69) is 5.32 Å². The molecule has 0 bridgehead atoms. The average Bonchev–Trinajstić information content (AvgIpc) is 3.06. The summed E-state index contributed by atoms with van der Waals surface area (Å²) in [7, 11) is 0. The Kier molecular flexibility index (Phi) is 5.52. The van der Waals surface area contributed by atoms with Crippen LogP contribution in [0.15, 0.2) is 29.6 Å². The first kappa shape index (κ1) is 18.3. The van der Waals surface area contributed by atoms with Gasteiger partial charge in [0.15, 0.2) is 11.9 Å². The second-order valence-electron chi connectivity index (χ2n) is 6.43. The zero-order valence-corrected chi connectivity index (χ0v) is 15.7. The number of esters is 1. The van der Waals surface area contributed by atoms with E-state index in [1.54, 1.807) is 42.5 Å². The van der Waals surface area contributed by atoms with Crippen molar-refractivity contribution in [3.63, 3.8) is 0 Å². The van der Waals surface area contributed by atoms with E-state index < -0.39 is 18.0 Å². The number of hydrogen-bond acceptors (Lipinski definition) is 5. The van der Waals surface area contributed by atoms with Crippen molar-refractivity contribution in [2.24, 2.45) is 0 Å². The molecule has 1 N–H and O–H groups in total. The van der Waals surface area contributed by atoms with Gasteiger partial charge in [0, 0.05) is 21.5 Å². The number of ether oxygens (including phenoxy) is 1. The maximum Gasteiger partial charge on any atom is 0.340 e. The third-order valence-corrected chi connectivity index (χ3v) is 5.58. The Morgan fingerprint density at radius 1 is 1.12 bits per heavy atom. The molecular formula is C20H21NO4S. The number of Topliss-reactive ketones (excluding diaryl/α,β-unsaturated/α-hetero) is 1. The second-order valence-corrected chi connectivity index (χ2v) is 7.39. The SMILES string of the molecule is CC(=O)c1ccc(NC(=O)[C@@H](C)OC(=O)c2csc3c2CCCC3)cc1. The van der Waals surface area contributed by atoms with Gasteiger partial charge in [0.05, 0.1) is 5.56 Å². The number of thiophene rings is 1. The second kappa shape index (κ2) is 7.83. The smallest absolute Gasteiger partial charge is 0.340 e. The Morgan fingerprint density at radius 2 is 1.81 bits per heavy atom. The lowest BCUT2D eigenvalue weighted by molar-refractivity contribution is -0.123. The monoisotopic (exact) mass is 371 g/mol. The lowest BCUT2D eigenvalue weighted by Gasteiger charge is -2.15. The molecule has 0 aliphatic heterocycles. The predicted octanol–water partition coefficient (Wildman–Crippen LogP) is 4.01. The van der Waals surface area contributed by atoms with Crippen LogP contribution in [-0.2, 0) is 22.4 Å². The lowest BCUT2D eigenvalue weighted by atomic mass is 9.96. The summed E-state index contributed by atoms with van der Waals surface area (Å²) in [4.78, 5) is 37.2. The minimum atomic E-state index is -0.908. The number of fused-ring (bicyclic) bond motifs is 1. The van der Waals surface area contributed by atoms with Crippen LogP contribution in [0.5, 0.6) is 0 Å². The summed E-state index contributed by atoms with van der Waals surface area (Å²) in [5.41, 5.74) is 2.80. The van der Waals surface area contributed by atoms with Crippen molar-refractivity contribution in [2.75, 3.05) is 5.32 Å². The molecule has 1 heterocycles. The van der Waals surface area contributed by atoms with E-state index >= 15 is 0 Å². The average molecular weight is 371 g/mol. The topological polar surface area (TPSA) is 72.5 Å². The Morgan fingerprint density at radius 3 is 2.50 bits per heavy atom. The van der Waals surface area contributed by atoms with Gasteiger partial charge in [0.25, 0.3) is 5.91 Å². The maximum absolute atomic E-state index is 12.4. The minimum Gasteiger partial charge on any atom is -0.449 e. The van der Waals surface area contributed by atoms with E-state index in [0.717, 1.165) is 31.2 Å². The van der Waals surface area contributed by atoms with Crippen LogP contribution >= 0.6 is 11.3 Å². The number of hydrogen-bond donors (Lipinski definition) is 1. The highest BCUT2D eigenvalue weighted by Gasteiger charge is 2.24. The standard InChI is InChI=1S/C20H21NO4S/c1-12(22)14-7-9-15(10-8-14)21-19(23)13(2)25-20(24)17-11-26-18-6-4-3-5-16(17)18/h7-11,13H,3-6H2,1-2H3,(H,21,23)/t13-/m1/s1. The molecule has 1 aliphatic carbocycles. The Hall–Kier alpha value is -2.47. The first-order valence-electron chi connectivity index (χ1n) is 8.68. The van der Waals surface area contributed by atoms with Crippen molar-refractivity contribution >= 4 is 34.7 Å². The van der Waals surface area contributed by atoms with Crippen LogP contribution in [0.25, 0.3) is 0 Å². The van der Waals surface area contributed by atoms with Gasteiger partial charge in [0.2, 0.25) is 0 Å². The van der Waals surface area contributed by atoms with Crippen molar-refractivity contribution in [3.8, 4) is 0 Å². The molecule has 1 amide bonds. The highest BCUT2D eigenvalue weighted by molar-refractivity contribution is 7.10. The predicted molar refractivity (Wildman–Crippen MR) is 101 cm³/mol. The molecule has 0 saturated carbocycles. The van der Waals surface area contributed by atoms with Crippen LogP contribution in [0.1, 0.15) is 57.8 Å². The molecule has 0 saturated heterocycles. The van der Waals surface area contributed by atoms with E-state index in [1.165, 1.54) is 11.8 Å². The summed E-state index contributed by atoms with van der Waals surface area (Å²) in [5, 5.41) is 4.53. The molecule has 6 heteroatoms. The largest absolute Gasteiger partial charge is 0.449 e. The summed E-state index contributed by atoms with van der Waals surface area (Å²) in [5.74, 6) is -0.888. The number of ketones is 1. The number of benzene rings is 1. The highest BCUT2D eigenvalue weighted by atomic mass is 32.1. The van der Waals surface area contributed by atoms with E-state index in [-0.39, 0.29) is 5.78 Å². The Balaban J connectivity index is 1.61. The quantitative estimate of drug-likeness (QED) is 0.637. The number of rotatable bonds is 5. The van der Waals surface area contributed by atoms with Crippen molar-refractivity contribution in [3.05, 3.63) is 51.2 Å². The fraction of sp³-hybridized carbons (Fsp3) is 0.350. The molecule has 0 fully saturated rings. The van der Waals surface area contributed by atoms with Gasteiger partial charge < -0.3 is 10.1 Å². The van der Waals surface area contributed by atoms with Crippen molar-refractivity contribution < 1.29 is 19.1 Å². The van der Waals surface area contributed by atoms with Gasteiger partial charge in [-0.3, -0.25) is 9.59 Å². The van der Waals surface area contributed by atoms with Gasteiger partial charge in [-0.1, -0.05) is 0 Å². The summed E-state index contributed by atoms with van der Waals surface area (Å²) in [6, 6.07) is 6.59. The van der Waals surface area contributed by atoms with Crippen molar-refractivity contribution in [2.45, 2.75) is 45.6 Å². The molecule has 5 nitrogen and oxygen atoms in total. The number of amides is 1. The number of carbonyl (C=O) groups excluding carboxylic acids is 3. The summed E-state index contributed by atoms with van der Waals surface area (Å²) < 4.78 is 5.36. The van der Waals surface area contributed by atoms with Crippen LogP contribution in [0.2, 0.25) is 0 Å². The molecule has 136 valence electrons. The molecule has 1 aliphatic rings. The zero-order valence-electron chi connectivity index (χ0n) is 14.8. The van der Waals surface area contributed by atoms with Crippen LogP contribution in [0, 0.1) is 0 Å². The summed E-state index contributed by atoms with van der Waals surface area (Å²) >= 11 is 1.59. The summed E-state index contributed by atoms with van der Waals surface area (Å²) in [6.07, 6.45) is 3.24. The molecule has 26 heavy (non-hydrogen) atoms. The fourth-order valence-electron chi connectivity index (χ4n) is 2.97. The maximum atomic E-state index is 12.4. The normalized spacial score (nSPS) is 14.2. The summed E-state index contributed by atoms with van der Waals surface area (Å²) in [6.45, 7) is 3.04. The molecule has 0 spiro atoms. The molecule has 0 radical (unpaired) electrons. The lowest BCUT2D eigenvalue weighted by Crippen LogP contribution is -2.30. The molecule has 3 rings (SSSR count). The molecular weight excluding hydrogens is 350 g/mol.